The molecule has 0 amide bonds. The summed E-state index contributed by atoms with van der Waals surface area (Å²) in [6.07, 6.45) is 2.92. The molecule has 0 radical (unpaired) electrons. The summed E-state index contributed by atoms with van der Waals surface area (Å²) in [7, 11) is 1.56. The molecule has 0 aliphatic rings. The Hall–Kier alpha value is -2.57. The van der Waals surface area contributed by atoms with Gasteiger partial charge in [0.2, 0.25) is 0 Å². The van der Waals surface area contributed by atoms with Gasteiger partial charge in [0.15, 0.2) is 5.84 Å². The predicted octanol–water partition coefficient (Wildman–Crippen LogP) is 0.370. The molecule has 17 heavy (non-hydrogen) atoms. The lowest BCUT2D eigenvalue weighted by molar-refractivity contribution is 0.318. The summed E-state index contributed by atoms with van der Waals surface area (Å²) < 4.78 is 6.63. The highest BCUT2D eigenvalue weighted by molar-refractivity contribution is 6.00. The molecule has 0 spiro atoms. The van der Waals surface area contributed by atoms with E-state index in [1.807, 2.05) is 0 Å². The maximum absolute atomic E-state index is 8.72. The SMILES string of the molecule is COc1ccc(/C(N)=N/O)c(-n2cncn2)c1. The third-order valence-electron chi connectivity index (χ3n) is 2.25. The fourth-order valence-electron chi connectivity index (χ4n) is 1.43. The molecule has 3 N–H and O–H groups in total. The molecule has 1 aromatic carbocycles. The van der Waals surface area contributed by atoms with Crippen LogP contribution in [0.15, 0.2) is 36.0 Å². The number of hydrogen-bond acceptors (Lipinski definition) is 5. The Kier molecular flexibility index (Phi) is 2.91. The number of aromatic nitrogens is 3. The highest BCUT2D eigenvalue weighted by atomic mass is 16.5. The number of rotatable bonds is 3. The molecule has 0 atom stereocenters. The van der Waals surface area contributed by atoms with E-state index in [0.29, 0.717) is 17.0 Å². The van der Waals surface area contributed by atoms with Crippen molar-refractivity contribution >= 4 is 5.84 Å². The quantitative estimate of drug-likeness (QED) is 0.345. The Morgan fingerprint density at radius 3 is 2.94 bits per heavy atom. The van der Waals surface area contributed by atoms with E-state index in [9.17, 15) is 0 Å². The molecule has 88 valence electrons. The maximum atomic E-state index is 8.72. The lowest BCUT2D eigenvalue weighted by atomic mass is 10.1. The lowest BCUT2D eigenvalue weighted by Gasteiger charge is -2.09. The second kappa shape index (κ2) is 4.52. The summed E-state index contributed by atoms with van der Waals surface area (Å²) in [6, 6.07) is 5.13. The summed E-state index contributed by atoms with van der Waals surface area (Å²) >= 11 is 0. The third-order valence-corrected chi connectivity index (χ3v) is 2.25. The van der Waals surface area contributed by atoms with Crippen molar-refractivity contribution in [1.82, 2.24) is 14.8 Å². The Morgan fingerprint density at radius 1 is 1.53 bits per heavy atom. The standard InChI is InChI=1S/C10H11N5O2/c1-17-7-2-3-8(10(11)14-16)9(4-7)15-6-12-5-13-15/h2-6,16H,1H3,(H2,11,14). The van der Waals surface area contributed by atoms with Gasteiger partial charge in [0.25, 0.3) is 0 Å². The minimum Gasteiger partial charge on any atom is -0.497 e. The van der Waals surface area contributed by atoms with Crippen LogP contribution in [0.5, 0.6) is 5.75 Å². The van der Waals surface area contributed by atoms with Gasteiger partial charge in [0, 0.05) is 11.6 Å². The number of methoxy groups -OCH3 is 1. The van der Waals surface area contributed by atoms with Crippen LogP contribution in [0.3, 0.4) is 0 Å². The van der Waals surface area contributed by atoms with E-state index >= 15 is 0 Å². The van der Waals surface area contributed by atoms with Crippen LogP contribution >= 0.6 is 0 Å². The van der Waals surface area contributed by atoms with E-state index < -0.39 is 0 Å². The van der Waals surface area contributed by atoms with Crippen LogP contribution < -0.4 is 10.5 Å². The van der Waals surface area contributed by atoms with Gasteiger partial charge in [-0.15, -0.1) is 0 Å². The number of ether oxygens (including phenoxy) is 1. The first kappa shape index (κ1) is 10.9. The van der Waals surface area contributed by atoms with Crippen molar-refractivity contribution in [1.29, 1.82) is 0 Å². The van der Waals surface area contributed by atoms with Crippen molar-refractivity contribution in [2.45, 2.75) is 0 Å². The van der Waals surface area contributed by atoms with Crippen molar-refractivity contribution in [3.8, 4) is 11.4 Å². The average molecular weight is 233 g/mol. The second-order valence-electron chi connectivity index (χ2n) is 3.21. The summed E-state index contributed by atoms with van der Waals surface area (Å²) in [4.78, 5) is 3.85. The zero-order valence-electron chi connectivity index (χ0n) is 9.11. The van der Waals surface area contributed by atoms with Crippen molar-refractivity contribution < 1.29 is 9.94 Å². The monoisotopic (exact) mass is 233 g/mol. The van der Waals surface area contributed by atoms with E-state index in [1.165, 1.54) is 17.3 Å². The number of nitrogens with two attached hydrogens (primary N) is 1. The minimum absolute atomic E-state index is 0.00171. The Morgan fingerprint density at radius 2 is 2.35 bits per heavy atom. The van der Waals surface area contributed by atoms with Gasteiger partial charge in [-0.05, 0) is 12.1 Å². The second-order valence-corrected chi connectivity index (χ2v) is 3.21. The lowest BCUT2D eigenvalue weighted by Crippen LogP contribution is -2.16. The number of nitrogens with zero attached hydrogens (tertiary/aromatic N) is 4. The highest BCUT2D eigenvalue weighted by Gasteiger charge is 2.10. The summed E-state index contributed by atoms with van der Waals surface area (Å²) in [5, 5.41) is 15.7. The van der Waals surface area contributed by atoms with Gasteiger partial charge in [0.1, 0.15) is 18.4 Å². The fraction of sp³-hybridized carbons (Fsp3) is 0.100. The van der Waals surface area contributed by atoms with Crippen molar-refractivity contribution in [3.05, 3.63) is 36.4 Å². The Bertz CT molecular complexity index is 536. The number of benzene rings is 1. The van der Waals surface area contributed by atoms with Gasteiger partial charge in [-0.2, -0.15) is 5.10 Å². The molecule has 2 rings (SSSR count). The van der Waals surface area contributed by atoms with Gasteiger partial charge in [-0.3, -0.25) is 0 Å². The Balaban J connectivity index is 2.60. The maximum Gasteiger partial charge on any atom is 0.172 e. The Labute approximate surface area is 97.1 Å². The molecule has 0 unspecified atom stereocenters. The molecule has 1 aromatic heterocycles. The van der Waals surface area contributed by atoms with Gasteiger partial charge < -0.3 is 15.7 Å². The summed E-state index contributed by atoms with van der Waals surface area (Å²) in [6.45, 7) is 0. The number of oxime groups is 1. The zero-order valence-corrected chi connectivity index (χ0v) is 9.11. The molecule has 7 nitrogen and oxygen atoms in total. The largest absolute Gasteiger partial charge is 0.497 e. The van der Waals surface area contributed by atoms with E-state index in [0.717, 1.165) is 0 Å². The first-order chi connectivity index (χ1) is 8.26. The first-order valence-corrected chi connectivity index (χ1v) is 4.77. The van der Waals surface area contributed by atoms with Gasteiger partial charge in [0.05, 0.1) is 12.8 Å². The average Bonchev–Trinajstić information content (AvgIpc) is 2.91. The van der Waals surface area contributed by atoms with Crippen molar-refractivity contribution in [3.63, 3.8) is 0 Å². The van der Waals surface area contributed by atoms with Gasteiger partial charge in [-0.1, -0.05) is 5.16 Å². The molecule has 0 saturated carbocycles. The van der Waals surface area contributed by atoms with E-state index in [-0.39, 0.29) is 5.84 Å². The molecule has 7 heteroatoms. The molecule has 1 heterocycles. The molecular weight excluding hydrogens is 222 g/mol. The molecular formula is C10H11N5O2. The minimum atomic E-state index is -0.00171. The molecule has 0 aliphatic heterocycles. The smallest absolute Gasteiger partial charge is 0.172 e. The van der Waals surface area contributed by atoms with Crippen LogP contribution in [-0.4, -0.2) is 32.9 Å². The van der Waals surface area contributed by atoms with E-state index in [1.54, 1.807) is 25.3 Å². The first-order valence-electron chi connectivity index (χ1n) is 4.77. The van der Waals surface area contributed by atoms with Crippen LogP contribution in [0.2, 0.25) is 0 Å². The number of amidine groups is 1. The van der Waals surface area contributed by atoms with Gasteiger partial charge in [-0.25, -0.2) is 9.67 Å². The number of hydrogen-bond donors (Lipinski definition) is 2. The predicted molar refractivity (Wildman–Crippen MR) is 60.4 cm³/mol. The topological polar surface area (TPSA) is 98.6 Å². The fourth-order valence-corrected chi connectivity index (χ4v) is 1.43. The zero-order chi connectivity index (χ0) is 12.3. The van der Waals surface area contributed by atoms with E-state index in [4.69, 9.17) is 15.7 Å². The van der Waals surface area contributed by atoms with Crippen molar-refractivity contribution in [2.75, 3.05) is 7.11 Å². The van der Waals surface area contributed by atoms with Crippen LogP contribution in [-0.2, 0) is 0 Å². The summed E-state index contributed by atoms with van der Waals surface area (Å²) in [5.74, 6) is 0.642. The van der Waals surface area contributed by atoms with Gasteiger partial charge >= 0.3 is 0 Å². The molecule has 0 aliphatic carbocycles. The molecule has 0 bridgehead atoms. The third kappa shape index (κ3) is 2.03. The normalized spacial score (nSPS) is 11.5. The van der Waals surface area contributed by atoms with Crippen molar-refractivity contribution in [2.24, 2.45) is 10.9 Å². The highest BCUT2D eigenvalue weighted by Crippen LogP contribution is 2.20. The van der Waals surface area contributed by atoms with Crippen LogP contribution in [0.1, 0.15) is 5.56 Å². The summed E-state index contributed by atoms with van der Waals surface area (Å²) in [5.41, 5.74) is 6.75. The van der Waals surface area contributed by atoms with Crippen LogP contribution in [0.25, 0.3) is 5.69 Å². The van der Waals surface area contributed by atoms with Crippen LogP contribution in [0.4, 0.5) is 0 Å². The van der Waals surface area contributed by atoms with Crippen LogP contribution in [0, 0.1) is 0 Å². The molecule has 0 saturated heterocycles. The van der Waals surface area contributed by atoms with E-state index in [2.05, 4.69) is 15.2 Å². The molecule has 0 fully saturated rings. The molecule has 2 aromatic rings.